The molecular weight excluding hydrogens is 350 g/mol. The van der Waals surface area contributed by atoms with Crippen molar-refractivity contribution in [3.63, 3.8) is 0 Å². The standard InChI is InChI=1S/C18H23N5O4/c1-11-14(18(27)20-12(2)19-11)8-16(24)22-6-3-4-13(9-22)15-5-7-23(21-15)10-17(25)26/h5,7,13H,3-4,6,8-10H2,1-2H3,(H,25,26)(H,19,20,27)/t13-/m0/s1. The van der Waals surface area contributed by atoms with Gasteiger partial charge in [0.2, 0.25) is 5.91 Å². The first-order chi connectivity index (χ1) is 12.8. The number of carboxylic acids is 1. The van der Waals surface area contributed by atoms with Crippen molar-refractivity contribution in [3.05, 3.63) is 45.4 Å². The Kier molecular flexibility index (Phi) is 5.38. The molecule has 9 heteroatoms. The molecule has 2 N–H and O–H groups in total. The molecule has 0 radical (unpaired) electrons. The lowest BCUT2D eigenvalue weighted by atomic mass is 9.94. The molecule has 0 unspecified atom stereocenters. The lowest BCUT2D eigenvalue weighted by Gasteiger charge is -2.32. The maximum absolute atomic E-state index is 12.7. The van der Waals surface area contributed by atoms with Crippen molar-refractivity contribution in [2.45, 2.75) is 45.6 Å². The number of aryl methyl sites for hydroxylation is 2. The summed E-state index contributed by atoms with van der Waals surface area (Å²) in [4.78, 5) is 44.3. The number of aliphatic carboxylic acids is 1. The van der Waals surface area contributed by atoms with Crippen LogP contribution < -0.4 is 5.56 Å². The normalized spacial score (nSPS) is 17.1. The summed E-state index contributed by atoms with van der Waals surface area (Å²) >= 11 is 0. The Labute approximate surface area is 156 Å². The lowest BCUT2D eigenvalue weighted by molar-refractivity contribution is -0.138. The predicted octanol–water partition coefficient (Wildman–Crippen LogP) is 0.617. The largest absolute Gasteiger partial charge is 0.480 e. The molecule has 3 heterocycles. The number of hydrogen-bond acceptors (Lipinski definition) is 5. The topological polar surface area (TPSA) is 121 Å². The van der Waals surface area contributed by atoms with Gasteiger partial charge in [-0.15, -0.1) is 0 Å². The predicted molar refractivity (Wildman–Crippen MR) is 96.5 cm³/mol. The molecule has 1 atom stereocenters. The Morgan fingerprint density at radius 2 is 2.15 bits per heavy atom. The van der Waals surface area contributed by atoms with Crippen LogP contribution in [0.1, 0.15) is 41.5 Å². The smallest absolute Gasteiger partial charge is 0.325 e. The van der Waals surface area contributed by atoms with E-state index in [9.17, 15) is 14.4 Å². The Morgan fingerprint density at radius 3 is 2.85 bits per heavy atom. The summed E-state index contributed by atoms with van der Waals surface area (Å²) in [6.07, 6.45) is 3.39. The van der Waals surface area contributed by atoms with Crippen molar-refractivity contribution in [3.8, 4) is 0 Å². The van der Waals surface area contributed by atoms with Gasteiger partial charge in [-0.05, 0) is 32.8 Å². The van der Waals surface area contributed by atoms with E-state index in [1.165, 1.54) is 4.68 Å². The summed E-state index contributed by atoms with van der Waals surface area (Å²) in [6, 6.07) is 1.81. The third kappa shape index (κ3) is 4.42. The Hall–Kier alpha value is -2.97. The number of likely N-dealkylation sites (tertiary alicyclic amines) is 1. The molecule has 0 spiro atoms. The molecule has 27 heavy (non-hydrogen) atoms. The Bertz CT molecular complexity index is 917. The third-order valence-electron chi connectivity index (χ3n) is 4.82. The molecule has 2 aromatic rings. The number of piperidine rings is 1. The van der Waals surface area contributed by atoms with Crippen molar-refractivity contribution in [1.82, 2.24) is 24.6 Å². The molecule has 0 aliphatic carbocycles. The van der Waals surface area contributed by atoms with Gasteiger partial charge >= 0.3 is 5.97 Å². The fraction of sp³-hybridized carbons (Fsp3) is 0.500. The zero-order valence-electron chi connectivity index (χ0n) is 15.4. The number of aromatic nitrogens is 4. The summed E-state index contributed by atoms with van der Waals surface area (Å²) in [5.74, 6) is -0.460. The number of nitrogens with one attached hydrogen (secondary N) is 1. The zero-order valence-corrected chi connectivity index (χ0v) is 15.4. The van der Waals surface area contributed by atoms with Gasteiger partial charge in [-0.2, -0.15) is 5.10 Å². The van der Waals surface area contributed by atoms with Crippen molar-refractivity contribution in [1.29, 1.82) is 0 Å². The summed E-state index contributed by atoms with van der Waals surface area (Å²) in [6.45, 7) is 4.41. The van der Waals surface area contributed by atoms with Gasteiger partial charge in [0.05, 0.1) is 12.1 Å². The van der Waals surface area contributed by atoms with Crippen LogP contribution in [0.5, 0.6) is 0 Å². The highest BCUT2D eigenvalue weighted by atomic mass is 16.4. The minimum atomic E-state index is -0.947. The summed E-state index contributed by atoms with van der Waals surface area (Å²) < 4.78 is 1.39. The van der Waals surface area contributed by atoms with E-state index < -0.39 is 5.97 Å². The maximum Gasteiger partial charge on any atom is 0.325 e. The molecule has 1 aliphatic rings. The highest BCUT2D eigenvalue weighted by Gasteiger charge is 2.27. The van der Waals surface area contributed by atoms with E-state index in [1.807, 2.05) is 0 Å². The molecule has 144 valence electrons. The fourth-order valence-corrected chi connectivity index (χ4v) is 3.49. The first kappa shape index (κ1) is 18.8. The van der Waals surface area contributed by atoms with Crippen molar-refractivity contribution in [2.75, 3.05) is 13.1 Å². The summed E-state index contributed by atoms with van der Waals surface area (Å²) in [7, 11) is 0. The van der Waals surface area contributed by atoms with E-state index in [2.05, 4.69) is 15.1 Å². The van der Waals surface area contributed by atoms with E-state index >= 15 is 0 Å². The molecule has 2 aromatic heterocycles. The van der Waals surface area contributed by atoms with Gasteiger partial charge in [0.1, 0.15) is 12.4 Å². The SMILES string of the molecule is Cc1nc(C)c(CC(=O)N2CCC[C@H](c3ccn(CC(=O)O)n3)C2)c(=O)[nH]1. The van der Waals surface area contributed by atoms with E-state index in [4.69, 9.17) is 5.11 Å². The van der Waals surface area contributed by atoms with Crippen LogP contribution in [0.25, 0.3) is 0 Å². The van der Waals surface area contributed by atoms with Crippen LogP contribution in [0.4, 0.5) is 0 Å². The van der Waals surface area contributed by atoms with E-state index in [1.54, 1.807) is 31.0 Å². The van der Waals surface area contributed by atoms with Crippen LogP contribution in [-0.4, -0.2) is 54.7 Å². The maximum atomic E-state index is 12.7. The number of amides is 1. The first-order valence-corrected chi connectivity index (χ1v) is 8.93. The van der Waals surface area contributed by atoms with Gasteiger partial charge in [-0.3, -0.25) is 19.1 Å². The van der Waals surface area contributed by atoms with Gasteiger partial charge in [0.15, 0.2) is 0 Å². The van der Waals surface area contributed by atoms with Crippen LogP contribution in [0.3, 0.4) is 0 Å². The van der Waals surface area contributed by atoms with Gasteiger partial charge in [0.25, 0.3) is 5.56 Å². The number of H-pyrrole nitrogens is 1. The zero-order chi connectivity index (χ0) is 19.6. The van der Waals surface area contributed by atoms with Crippen molar-refractivity contribution in [2.24, 2.45) is 0 Å². The molecular formula is C18H23N5O4. The number of carbonyl (C=O) groups excluding carboxylic acids is 1. The average Bonchev–Trinajstić information content (AvgIpc) is 3.05. The molecule has 1 amide bonds. The number of carboxylic acid groups (broad SMARTS) is 1. The number of aromatic amines is 1. The molecule has 1 saturated heterocycles. The summed E-state index contributed by atoms with van der Waals surface area (Å²) in [5, 5.41) is 13.2. The van der Waals surface area contributed by atoms with Crippen molar-refractivity contribution < 1.29 is 14.7 Å². The minimum absolute atomic E-state index is 0.0224. The lowest BCUT2D eigenvalue weighted by Crippen LogP contribution is -2.41. The van der Waals surface area contributed by atoms with E-state index in [-0.39, 0.29) is 30.3 Å². The van der Waals surface area contributed by atoms with Gasteiger partial charge in [0, 0.05) is 36.5 Å². The molecule has 9 nitrogen and oxygen atoms in total. The molecule has 0 aromatic carbocycles. The molecule has 1 fully saturated rings. The number of nitrogens with zero attached hydrogens (tertiary/aromatic N) is 4. The van der Waals surface area contributed by atoms with Crippen LogP contribution in [-0.2, 0) is 22.6 Å². The molecule has 0 bridgehead atoms. The van der Waals surface area contributed by atoms with Gasteiger partial charge in [-0.25, -0.2) is 4.98 Å². The second-order valence-corrected chi connectivity index (χ2v) is 6.90. The van der Waals surface area contributed by atoms with E-state index in [0.717, 1.165) is 18.5 Å². The van der Waals surface area contributed by atoms with Gasteiger partial charge < -0.3 is 15.0 Å². The van der Waals surface area contributed by atoms with Crippen molar-refractivity contribution >= 4 is 11.9 Å². The number of hydrogen-bond donors (Lipinski definition) is 2. The number of rotatable bonds is 5. The molecule has 1 aliphatic heterocycles. The first-order valence-electron chi connectivity index (χ1n) is 8.93. The highest BCUT2D eigenvalue weighted by Crippen LogP contribution is 2.26. The van der Waals surface area contributed by atoms with E-state index in [0.29, 0.717) is 30.2 Å². The highest BCUT2D eigenvalue weighted by molar-refractivity contribution is 5.79. The minimum Gasteiger partial charge on any atom is -0.480 e. The van der Waals surface area contributed by atoms with Crippen LogP contribution in [0, 0.1) is 13.8 Å². The van der Waals surface area contributed by atoms with Crippen LogP contribution >= 0.6 is 0 Å². The summed E-state index contributed by atoms with van der Waals surface area (Å²) in [5.41, 5.74) is 1.50. The fourth-order valence-electron chi connectivity index (χ4n) is 3.49. The second kappa shape index (κ2) is 7.73. The van der Waals surface area contributed by atoms with Crippen LogP contribution in [0.15, 0.2) is 17.1 Å². The Morgan fingerprint density at radius 1 is 1.37 bits per heavy atom. The van der Waals surface area contributed by atoms with Gasteiger partial charge in [-0.1, -0.05) is 0 Å². The Balaban J connectivity index is 1.69. The monoisotopic (exact) mass is 373 g/mol. The molecule has 0 saturated carbocycles. The second-order valence-electron chi connectivity index (χ2n) is 6.90. The molecule has 3 rings (SSSR count). The number of carbonyl (C=O) groups is 2. The van der Waals surface area contributed by atoms with Crippen LogP contribution in [0.2, 0.25) is 0 Å². The average molecular weight is 373 g/mol. The third-order valence-corrected chi connectivity index (χ3v) is 4.82. The quantitative estimate of drug-likeness (QED) is 0.792.